The van der Waals surface area contributed by atoms with Crippen molar-refractivity contribution in [2.45, 2.75) is 39.2 Å². The van der Waals surface area contributed by atoms with Gasteiger partial charge >= 0.3 is 0 Å². The van der Waals surface area contributed by atoms with Crippen LogP contribution in [0.1, 0.15) is 31.7 Å². The van der Waals surface area contributed by atoms with Crippen LogP contribution in [0.3, 0.4) is 0 Å². The minimum Gasteiger partial charge on any atom is -0.379 e. The number of aryl methyl sites for hydroxylation is 1. The van der Waals surface area contributed by atoms with Gasteiger partial charge in [-0.3, -0.25) is 4.99 Å². The number of rotatable bonds is 9. The predicted molar refractivity (Wildman–Crippen MR) is 136 cm³/mol. The molecule has 0 bridgehead atoms. The smallest absolute Gasteiger partial charge is 0.191 e. The van der Waals surface area contributed by atoms with Crippen LogP contribution in [0.15, 0.2) is 23.2 Å². The predicted octanol–water partition coefficient (Wildman–Crippen LogP) is 3.84. The molecule has 2 aliphatic heterocycles. The van der Waals surface area contributed by atoms with Gasteiger partial charge in [0, 0.05) is 56.6 Å². The number of anilines is 1. The quantitative estimate of drug-likeness (QED) is 0.212. The number of guanidine groups is 1. The van der Waals surface area contributed by atoms with Crippen LogP contribution in [-0.2, 0) is 9.47 Å². The van der Waals surface area contributed by atoms with Crippen LogP contribution in [0.4, 0.5) is 5.69 Å². The van der Waals surface area contributed by atoms with Crippen molar-refractivity contribution in [2.24, 2.45) is 10.9 Å². The van der Waals surface area contributed by atoms with Crippen molar-refractivity contribution in [1.82, 2.24) is 10.6 Å². The Bertz CT molecular complexity index is 671. The molecule has 0 saturated carbocycles. The summed E-state index contributed by atoms with van der Waals surface area (Å²) >= 11 is 6.20. The molecular weight excluding hydrogens is 515 g/mol. The maximum atomic E-state index is 6.20. The molecule has 0 amide bonds. The van der Waals surface area contributed by atoms with Gasteiger partial charge < -0.3 is 25.0 Å². The highest BCUT2D eigenvalue weighted by molar-refractivity contribution is 14.0. The van der Waals surface area contributed by atoms with Gasteiger partial charge in [0.15, 0.2) is 5.96 Å². The zero-order valence-corrected chi connectivity index (χ0v) is 21.2. The lowest BCUT2D eigenvalue weighted by Crippen LogP contribution is -2.38. The Hall–Kier alpha value is -0.770. The van der Waals surface area contributed by atoms with Crippen molar-refractivity contribution >= 4 is 47.2 Å². The third-order valence-corrected chi connectivity index (χ3v) is 5.74. The van der Waals surface area contributed by atoms with Crippen molar-refractivity contribution in [2.75, 3.05) is 57.4 Å². The number of nitrogens with one attached hydrogen (secondary N) is 2. The number of hydrogen-bond donors (Lipinski definition) is 2. The number of benzene rings is 1. The van der Waals surface area contributed by atoms with E-state index in [-0.39, 0.29) is 30.1 Å². The number of hydrogen-bond acceptors (Lipinski definition) is 4. The molecule has 2 aliphatic rings. The Labute approximate surface area is 203 Å². The van der Waals surface area contributed by atoms with Crippen LogP contribution in [0.25, 0.3) is 0 Å². The van der Waals surface area contributed by atoms with E-state index in [4.69, 9.17) is 26.1 Å². The maximum absolute atomic E-state index is 6.20. The zero-order valence-electron chi connectivity index (χ0n) is 18.2. The lowest BCUT2D eigenvalue weighted by Gasteiger charge is -2.21. The van der Waals surface area contributed by atoms with Crippen molar-refractivity contribution in [3.05, 3.63) is 28.8 Å². The Morgan fingerprint density at radius 1 is 1.33 bits per heavy atom. The van der Waals surface area contributed by atoms with Gasteiger partial charge in [-0.05, 0) is 56.7 Å². The molecule has 2 saturated heterocycles. The van der Waals surface area contributed by atoms with E-state index < -0.39 is 0 Å². The normalized spacial score (nSPS) is 21.6. The van der Waals surface area contributed by atoms with Gasteiger partial charge in [-0.2, -0.15) is 0 Å². The molecule has 30 heavy (non-hydrogen) atoms. The first kappa shape index (κ1) is 25.5. The van der Waals surface area contributed by atoms with Gasteiger partial charge in [-0.25, -0.2) is 0 Å². The fourth-order valence-corrected chi connectivity index (χ4v) is 4.03. The van der Waals surface area contributed by atoms with Crippen molar-refractivity contribution in [1.29, 1.82) is 0 Å². The minimum atomic E-state index is 0. The van der Waals surface area contributed by atoms with E-state index in [9.17, 15) is 0 Å². The van der Waals surface area contributed by atoms with E-state index in [0.717, 1.165) is 82.8 Å². The molecule has 2 unspecified atom stereocenters. The second kappa shape index (κ2) is 13.6. The first-order chi connectivity index (χ1) is 14.2. The summed E-state index contributed by atoms with van der Waals surface area (Å²) in [6.07, 6.45) is 3.42. The molecule has 170 valence electrons. The lowest BCUT2D eigenvalue weighted by molar-refractivity contribution is 0.0420. The average molecular weight is 551 g/mol. The standard InChI is InChI=1S/C22H35ClN4O2.HI/c1-3-24-22(25-9-4-11-29-20-8-12-28-16-20)26-14-18-7-10-27(15-18)21-13-19(23)6-5-17(21)2;/h5-6,13,18,20H,3-4,7-12,14-16H2,1-2H3,(H2,24,25,26);1H. The van der Waals surface area contributed by atoms with Gasteiger partial charge in [0.25, 0.3) is 0 Å². The monoisotopic (exact) mass is 550 g/mol. The Kier molecular flexibility index (Phi) is 11.6. The zero-order chi connectivity index (χ0) is 20.5. The third kappa shape index (κ3) is 8.05. The van der Waals surface area contributed by atoms with Crippen LogP contribution >= 0.6 is 35.6 Å². The van der Waals surface area contributed by atoms with E-state index >= 15 is 0 Å². The highest BCUT2D eigenvalue weighted by Crippen LogP contribution is 2.29. The van der Waals surface area contributed by atoms with E-state index in [2.05, 4.69) is 41.5 Å². The number of aliphatic imine (C=N–C) groups is 1. The third-order valence-electron chi connectivity index (χ3n) is 5.50. The summed E-state index contributed by atoms with van der Waals surface area (Å²) in [5.41, 5.74) is 2.53. The van der Waals surface area contributed by atoms with E-state index in [1.807, 2.05) is 6.07 Å². The maximum Gasteiger partial charge on any atom is 0.191 e. The largest absolute Gasteiger partial charge is 0.379 e. The van der Waals surface area contributed by atoms with Crippen LogP contribution < -0.4 is 15.5 Å². The van der Waals surface area contributed by atoms with Gasteiger partial charge in [0.1, 0.15) is 0 Å². The molecule has 2 N–H and O–H groups in total. The first-order valence-corrected chi connectivity index (χ1v) is 11.3. The summed E-state index contributed by atoms with van der Waals surface area (Å²) in [5, 5.41) is 7.57. The summed E-state index contributed by atoms with van der Waals surface area (Å²) in [4.78, 5) is 7.26. The molecule has 6 nitrogen and oxygen atoms in total. The van der Waals surface area contributed by atoms with E-state index in [1.165, 1.54) is 11.3 Å². The number of halogens is 2. The van der Waals surface area contributed by atoms with E-state index in [1.54, 1.807) is 0 Å². The van der Waals surface area contributed by atoms with Gasteiger partial charge in [-0.1, -0.05) is 17.7 Å². The summed E-state index contributed by atoms with van der Waals surface area (Å²) < 4.78 is 11.2. The molecular formula is C22H36ClIN4O2. The van der Waals surface area contributed by atoms with Crippen LogP contribution in [0, 0.1) is 12.8 Å². The number of nitrogens with zero attached hydrogens (tertiary/aromatic N) is 2. The number of ether oxygens (including phenoxy) is 2. The Morgan fingerprint density at radius 2 is 2.20 bits per heavy atom. The molecule has 0 aliphatic carbocycles. The highest BCUT2D eigenvalue weighted by atomic mass is 127. The minimum absolute atomic E-state index is 0. The molecule has 0 radical (unpaired) electrons. The van der Waals surface area contributed by atoms with Gasteiger partial charge in [0.2, 0.25) is 0 Å². The van der Waals surface area contributed by atoms with Crippen molar-refractivity contribution < 1.29 is 9.47 Å². The summed E-state index contributed by atoms with van der Waals surface area (Å²) in [5.74, 6) is 1.46. The molecule has 8 heteroatoms. The molecule has 1 aromatic rings. The summed E-state index contributed by atoms with van der Waals surface area (Å²) in [6, 6.07) is 6.13. The van der Waals surface area contributed by atoms with Crippen LogP contribution in [0.5, 0.6) is 0 Å². The molecule has 0 aromatic heterocycles. The topological polar surface area (TPSA) is 58.1 Å². The van der Waals surface area contributed by atoms with Crippen LogP contribution in [0.2, 0.25) is 5.02 Å². The van der Waals surface area contributed by atoms with Gasteiger partial charge in [0.05, 0.1) is 12.7 Å². The molecule has 2 atom stereocenters. The fourth-order valence-electron chi connectivity index (χ4n) is 3.86. The van der Waals surface area contributed by atoms with E-state index in [0.29, 0.717) is 5.92 Å². The summed E-state index contributed by atoms with van der Waals surface area (Å²) in [6.45, 7) is 11.2. The lowest BCUT2D eigenvalue weighted by atomic mass is 10.1. The first-order valence-electron chi connectivity index (χ1n) is 10.9. The molecule has 0 spiro atoms. The molecule has 3 rings (SSSR count). The second-order valence-corrected chi connectivity index (χ2v) is 8.32. The Balaban J connectivity index is 0.00000320. The second-order valence-electron chi connectivity index (χ2n) is 7.89. The molecule has 1 aromatic carbocycles. The average Bonchev–Trinajstić information content (AvgIpc) is 3.39. The van der Waals surface area contributed by atoms with Gasteiger partial charge in [-0.15, -0.1) is 24.0 Å². The Morgan fingerprint density at radius 3 is 2.97 bits per heavy atom. The van der Waals surface area contributed by atoms with Crippen LogP contribution in [-0.4, -0.2) is 64.6 Å². The SMILES string of the molecule is CCNC(=NCC1CCN(c2cc(Cl)ccc2C)C1)NCCCOC1CCOC1.I. The van der Waals surface area contributed by atoms with Crippen molar-refractivity contribution in [3.63, 3.8) is 0 Å². The summed E-state index contributed by atoms with van der Waals surface area (Å²) in [7, 11) is 0. The molecule has 2 fully saturated rings. The molecule has 2 heterocycles. The highest BCUT2D eigenvalue weighted by Gasteiger charge is 2.23. The van der Waals surface area contributed by atoms with Crippen molar-refractivity contribution in [3.8, 4) is 0 Å². The fraction of sp³-hybridized carbons (Fsp3) is 0.682.